The van der Waals surface area contributed by atoms with E-state index >= 15 is 0 Å². The minimum absolute atomic E-state index is 0.0124. The number of anilines is 2. The Hall–Kier alpha value is -2.38. The molecule has 7 heteroatoms. The van der Waals surface area contributed by atoms with Gasteiger partial charge in [0.15, 0.2) is 0 Å². The summed E-state index contributed by atoms with van der Waals surface area (Å²) < 4.78 is 0. The van der Waals surface area contributed by atoms with Gasteiger partial charge in [-0.1, -0.05) is 26.0 Å². The van der Waals surface area contributed by atoms with Gasteiger partial charge in [-0.2, -0.15) is 0 Å². The first-order valence-electron chi connectivity index (χ1n) is 9.72. The highest BCUT2D eigenvalue weighted by atomic mass is 32.1. The summed E-state index contributed by atoms with van der Waals surface area (Å²) in [5, 5.41) is 5.80. The Morgan fingerprint density at radius 1 is 1.11 bits per heavy atom. The summed E-state index contributed by atoms with van der Waals surface area (Å²) in [5.41, 5.74) is 6.99. The van der Waals surface area contributed by atoms with Crippen LogP contribution in [0.1, 0.15) is 48.2 Å². The van der Waals surface area contributed by atoms with Gasteiger partial charge in [-0.05, 0) is 57.1 Å². The third kappa shape index (κ3) is 6.07. The second-order valence-corrected chi connectivity index (χ2v) is 7.91. The second-order valence-electron chi connectivity index (χ2n) is 6.74. The summed E-state index contributed by atoms with van der Waals surface area (Å²) >= 11 is 1.37. The Kier molecular flexibility index (Phi) is 8.47. The van der Waals surface area contributed by atoms with Gasteiger partial charge >= 0.3 is 0 Å². The van der Waals surface area contributed by atoms with Crippen molar-refractivity contribution in [2.75, 3.05) is 24.1 Å². The first kappa shape index (κ1) is 21.9. The van der Waals surface area contributed by atoms with Gasteiger partial charge in [0.05, 0.1) is 28.8 Å². The van der Waals surface area contributed by atoms with E-state index in [1.165, 1.54) is 11.3 Å². The number of carbonyl (C=O) groups is 2. The number of amides is 2. The maximum absolute atomic E-state index is 12.5. The highest BCUT2D eigenvalue weighted by Gasteiger charge is 2.20. The molecule has 0 saturated carbocycles. The molecule has 1 unspecified atom stereocenters. The highest BCUT2D eigenvalue weighted by molar-refractivity contribution is 7.14. The number of hydrogen-bond donors (Lipinski definition) is 3. The summed E-state index contributed by atoms with van der Waals surface area (Å²) in [7, 11) is 0. The Morgan fingerprint density at radius 2 is 1.79 bits per heavy atom. The number of carbonyl (C=O) groups excluding carboxylic acids is 2. The van der Waals surface area contributed by atoms with Crippen molar-refractivity contribution in [1.82, 2.24) is 10.2 Å². The number of rotatable bonds is 10. The lowest BCUT2D eigenvalue weighted by Gasteiger charge is -2.27. The molecule has 0 spiro atoms. The molecule has 152 valence electrons. The minimum Gasteiger partial charge on any atom is -0.397 e. The molecule has 0 radical (unpaired) electrons. The first-order chi connectivity index (χ1) is 13.5. The fourth-order valence-electron chi connectivity index (χ4n) is 2.95. The molecule has 0 fully saturated rings. The molecular formula is C21H30N4O2S. The van der Waals surface area contributed by atoms with Crippen molar-refractivity contribution in [3.8, 4) is 0 Å². The summed E-state index contributed by atoms with van der Waals surface area (Å²) in [5.74, 6) is -0.190. The topological polar surface area (TPSA) is 87.5 Å². The summed E-state index contributed by atoms with van der Waals surface area (Å²) in [4.78, 5) is 28.6. The average molecular weight is 403 g/mol. The number of nitrogen functional groups attached to an aromatic ring is 1. The van der Waals surface area contributed by atoms with Crippen LogP contribution in [0.15, 0.2) is 36.4 Å². The Morgan fingerprint density at radius 3 is 2.43 bits per heavy atom. The third-order valence-corrected chi connectivity index (χ3v) is 5.56. The van der Waals surface area contributed by atoms with Crippen molar-refractivity contribution < 1.29 is 9.59 Å². The van der Waals surface area contributed by atoms with E-state index in [-0.39, 0.29) is 17.9 Å². The van der Waals surface area contributed by atoms with E-state index in [1.807, 2.05) is 25.1 Å². The lowest BCUT2D eigenvalue weighted by molar-refractivity contribution is -0.126. The fraction of sp³-hybridized carbons (Fsp3) is 0.429. The molecule has 2 rings (SSSR count). The number of thiophene rings is 1. The molecule has 6 nitrogen and oxygen atoms in total. The predicted molar refractivity (Wildman–Crippen MR) is 117 cm³/mol. The van der Waals surface area contributed by atoms with E-state index in [0.717, 1.165) is 30.8 Å². The van der Waals surface area contributed by atoms with Crippen LogP contribution < -0.4 is 16.4 Å². The molecular weight excluding hydrogens is 372 g/mol. The number of para-hydroxylation sites is 2. The van der Waals surface area contributed by atoms with Gasteiger partial charge in [-0.15, -0.1) is 11.3 Å². The van der Waals surface area contributed by atoms with E-state index in [0.29, 0.717) is 22.8 Å². The van der Waals surface area contributed by atoms with Crippen LogP contribution in [-0.4, -0.2) is 35.8 Å². The molecule has 0 aliphatic carbocycles. The number of hydrogen-bond acceptors (Lipinski definition) is 5. The average Bonchev–Trinajstić information content (AvgIpc) is 3.16. The van der Waals surface area contributed by atoms with E-state index < -0.39 is 0 Å². The summed E-state index contributed by atoms with van der Waals surface area (Å²) in [6.45, 7) is 8.42. The van der Waals surface area contributed by atoms with E-state index in [9.17, 15) is 9.59 Å². The van der Waals surface area contributed by atoms with Crippen LogP contribution in [0.4, 0.5) is 11.4 Å². The smallest absolute Gasteiger partial charge is 0.265 e. The maximum atomic E-state index is 12.5. The Balaban J connectivity index is 1.90. The highest BCUT2D eigenvalue weighted by Crippen LogP contribution is 2.21. The molecule has 2 aromatic rings. The monoisotopic (exact) mass is 402 g/mol. The largest absolute Gasteiger partial charge is 0.397 e. The van der Waals surface area contributed by atoms with Crippen LogP contribution >= 0.6 is 11.3 Å². The van der Waals surface area contributed by atoms with Crippen molar-refractivity contribution in [3.63, 3.8) is 0 Å². The molecule has 0 aliphatic rings. The maximum Gasteiger partial charge on any atom is 0.265 e. The molecule has 1 atom stereocenters. The molecule has 4 N–H and O–H groups in total. The molecule has 1 aromatic heterocycles. The molecule has 2 amide bonds. The van der Waals surface area contributed by atoms with Gasteiger partial charge in [0.25, 0.3) is 5.91 Å². The van der Waals surface area contributed by atoms with Crippen LogP contribution in [0, 0.1) is 0 Å². The van der Waals surface area contributed by atoms with E-state index in [1.54, 1.807) is 18.2 Å². The van der Waals surface area contributed by atoms with Crippen LogP contribution in [0.5, 0.6) is 0 Å². The van der Waals surface area contributed by atoms with Gasteiger partial charge < -0.3 is 16.4 Å². The molecule has 0 bridgehead atoms. The van der Waals surface area contributed by atoms with Crippen molar-refractivity contribution in [2.45, 2.75) is 46.2 Å². The van der Waals surface area contributed by atoms with Crippen molar-refractivity contribution in [1.29, 1.82) is 0 Å². The van der Waals surface area contributed by atoms with Gasteiger partial charge in [0.1, 0.15) is 0 Å². The normalized spacial score (nSPS) is 12.0. The minimum atomic E-state index is -0.203. The zero-order chi connectivity index (χ0) is 20.5. The van der Waals surface area contributed by atoms with Crippen molar-refractivity contribution in [2.24, 2.45) is 0 Å². The summed E-state index contributed by atoms with van der Waals surface area (Å²) in [6.07, 6.45) is 2.04. The number of nitrogens with zero attached hydrogens (tertiary/aromatic N) is 1. The van der Waals surface area contributed by atoms with Gasteiger partial charge in [-0.25, -0.2) is 0 Å². The summed E-state index contributed by atoms with van der Waals surface area (Å²) in [6, 6.07) is 10.6. The molecule has 0 saturated heterocycles. The standard InChI is InChI=1S/C21H30N4O2S/c1-4-12-25(13-5-2)15(3)20(26)23-14-16-10-11-19(28-16)21(27)24-18-9-7-6-8-17(18)22/h6-11,15H,4-5,12-14,22H2,1-3H3,(H,23,26)(H,24,27). The lowest BCUT2D eigenvalue weighted by atomic mass is 10.2. The third-order valence-electron chi connectivity index (χ3n) is 4.48. The van der Waals surface area contributed by atoms with Crippen LogP contribution in [0.25, 0.3) is 0 Å². The van der Waals surface area contributed by atoms with Crippen LogP contribution in [0.2, 0.25) is 0 Å². The zero-order valence-electron chi connectivity index (χ0n) is 16.8. The van der Waals surface area contributed by atoms with Crippen LogP contribution in [-0.2, 0) is 11.3 Å². The molecule has 0 aliphatic heterocycles. The molecule has 1 aromatic carbocycles. The van der Waals surface area contributed by atoms with E-state index in [4.69, 9.17) is 5.73 Å². The zero-order valence-corrected chi connectivity index (χ0v) is 17.6. The van der Waals surface area contributed by atoms with Crippen molar-refractivity contribution >= 4 is 34.5 Å². The number of benzene rings is 1. The van der Waals surface area contributed by atoms with Crippen LogP contribution in [0.3, 0.4) is 0 Å². The molecule has 1 heterocycles. The first-order valence-corrected chi connectivity index (χ1v) is 10.5. The predicted octanol–water partition coefficient (Wildman–Crippen LogP) is 3.71. The van der Waals surface area contributed by atoms with E-state index in [2.05, 4.69) is 29.4 Å². The number of nitrogens with two attached hydrogens (primary N) is 1. The fourth-order valence-corrected chi connectivity index (χ4v) is 3.79. The van der Waals surface area contributed by atoms with Gasteiger partial charge in [-0.3, -0.25) is 14.5 Å². The van der Waals surface area contributed by atoms with Gasteiger partial charge in [0, 0.05) is 4.88 Å². The molecule has 28 heavy (non-hydrogen) atoms. The quantitative estimate of drug-likeness (QED) is 0.529. The second kappa shape index (κ2) is 10.8. The Labute approximate surface area is 171 Å². The van der Waals surface area contributed by atoms with Crippen molar-refractivity contribution in [3.05, 3.63) is 46.2 Å². The Bertz CT molecular complexity index is 784. The number of nitrogens with one attached hydrogen (secondary N) is 2. The van der Waals surface area contributed by atoms with Gasteiger partial charge in [0.2, 0.25) is 5.91 Å². The SMILES string of the molecule is CCCN(CCC)C(C)C(=O)NCc1ccc(C(=O)Nc2ccccc2N)s1. The lowest BCUT2D eigenvalue weighted by Crippen LogP contribution is -2.45.